The highest BCUT2D eigenvalue weighted by atomic mass is 32.2. The van der Waals surface area contributed by atoms with Gasteiger partial charge in [0.25, 0.3) is 5.69 Å². The van der Waals surface area contributed by atoms with E-state index >= 15 is 0 Å². The number of nitrogens with two attached hydrogens (primary N) is 1. The number of hydrogen-bond acceptors (Lipinski definition) is 6. The van der Waals surface area contributed by atoms with E-state index in [0.717, 1.165) is 12.1 Å². The van der Waals surface area contributed by atoms with Crippen molar-refractivity contribution in [3.8, 4) is 0 Å². The van der Waals surface area contributed by atoms with Gasteiger partial charge in [-0.3, -0.25) is 15.5 Å². The first kappa shape index (κ1) is 16.5. The maximum atomic E-state index is 13.0. The standard InChI is InChI=1S/C13H11FN4O4S/c14-10-3-1-2-9(6-10)8-16-17-12-5-4-11(23(15,21)22)7-13(12)18(19)20/h1-8,17H,(H2,15,21,22)/b16-8+. The highest BCUT2D eigenvalue weighted by Gasteiger charge is 2.18. The van der Waals surface area contributed by atoms with Crippen molar-refractivity contribution in [2.24, 2.45) is 10.2 Å². The number of halogens is 1. The molecular weight excluding hydrogens is 327 g/mol. The third kappa shape index (κ3) is 4.31. The van der Waals surface area contributed by atoms with Crippen molar-refractivity contribution in [1.29, 1.82) is 0 Å². The molecule has 3 N–H and O–H groups in total. The van der Waals surface area contributed by atoms with Crippen LogP contribution >= 0.6 is 0 Å². The number of hydrazone groups is 1. The summed E-state index contributed by atoms with van der Waals surface area (Å²) in [5.74, 6) is -0.447. The number of hydrogen-bond donors (Lipinski definition) is 2. The van der Waals surface area contributed by atoms with Crippen LogP contribution in [-0.4, -0.2) is 19.6 Å². The minimum absolute atomic E-state index is 0.0324. The van der Waals surface area contributed by atoms with Gasteiger partial charge in [-0.05, 0) is 29.8 Å². The molecular formula is C13H11FN4O4S. The molecule has 0 atom stereocenters. The molecule has 0 aliphatic rings. The maximum absolute atomic E-state index is 13.0. The Morgan fingerprint density at radius 2 is 2.00 bits per heavy atom. The Morgan fingerprint density at radius 3 is 2.61 bits per heavy atom. The Labute approximate surface area is 130 Å². The molecule has 10 heteroatoms. The molecule has 2 aromatic carbocycles. The first-order valence-corrected chi connectivity index (χ1v) is 7.68. The fourth-order valence-electron chi connectivity index (χ4n) is 1.70. The average Bonchev–Trinajstić information content (AvgIpc) is 2.46. The number of nitro benzene ring substituents is 1. The summed E-state index contributed by atoms with van der Waals surface area (Å²) >= 11 is 0. The molecule has 0 aliphatic carbocycles. The van der Waals surface area contributed by atoms with Crippen molar-refractivity contribution in [2.75, 3.05) is 5.43 Å². The third-order valence-electron chi connectivity index (χ3n) is 2.74. The van der Waals surface area contributed by atoms with Crippen LogP contribution in [0.15, 0.2) is 52.5 Å². The fourth-order valence-corrected chi connectivity index (χ4v) is 2.23. The Hall–Kier alpha value is -2.85. The van der Waals surface area contributed by atoms with E-state index in [1.54, 1.807) is 6.07 Å². The lowest BCUT2D eigenvalue weighted by molar-refractivity contribution is -0.384. The molecule has 0 heterocycles. The van der Waals surface area contributed by atoms with Gasteiger partial charge in [-0.2, -0.15) is 5.10 Å². The highest BCUT2D eigenvalue weighted by molar-refractivity contribution is 7.89. The first-order valence-electron chi connectivity index (χ1n) is 6.13. The van der Waals surface area contributed by atoms with Gasteiger partial charge in [-0.15, -0.1) is 0 Å². The predicted octanol–water partition coefficient (Wildman–Crippen LogP) is 1.83. The predicted molar refractivity (Wildman–Crippen MR) is 82.1 cm³/mol. The number of nitrogens with one attached hydrogen (secondary N) is 1. The molecule has 0 saturated heterocycles. The quantitative estimate of drug-likeness (QED) is 0.488. The number of anilines is 1. The fraction of sp³-hybridized carbons (Fsp3) is 0. The van der Waals surface area contributed by atoms with E-state index in [1.807, 2.05) is 0 Å². The van der Waals surface area contributed by atoms with Crippen molar-refractivity contribution in [3.05, 3.63) is 64.0 Å². The van der Waals surface area contributed by atoms with Gasteiger partial charge in [0, 0.05) is 6.07 Å². The second-order valence-corrected chi connectivity index (χ2v) is 5.97. The summed E-state index contributed by atoms with van der Waals surface area (Å²) < 4.78 is 35.4. The van der Waals surface area contributed by atoms with E-state index in [-0.39, 0.29) is 10.6 Å². The summed E-state index contributed by atoms with van der Waals surface area (Å²) in [6, 6.07) is 8.68. The van der Waals surface area contributed by atoms with E-state index in [4.69, 9.17) is 5.14 Å². The summed E-state index contributed by atoms with van der Waals surface area (Å²) in [4.78, 5) is 9.85. The van der Waals surface area contributed by atoms with Crippen LogP contribution in [0.4, 0.5) is 15.8 Å². The molecule has 0 unspecified atom stereocenters. The van der Waals surface area contributed by atoms with Crippen LogP contribution in [-0.2, 0) is 10.0 Å². The van der Waals surface area contributed by atoms with Crippen molar-refractivity contribution in [3.63, 3.8) is 0 Å². The van der Waals surface area contributed by atoms with Crippen LogP contribution in [0.2, 0.25) is 0 Å². The number of nitrogens with zero attached hydrogens (tertiary/aromatic N) is 2. The molecule has 2 aromatic rings. The van der Waals surface area contributed by atoms with Gasteiger partial charge < -0.3 is 0 Å². The van der Waals surface area contributed by atoms with Crippen molar-refractivity contribution in [2.45, 2.75) is 4.90 Å². The van der Waals surface area contributed by atoms with Gasteiger partial charge in [-0.1, -0.05) is 12.1 Å². The number of sulfonamides is 1. The Morgan fingerprint density at radius 1 is 1.26 bits per heavy atom. The minimum Gasteiger partial charge on any atom is -0.272 e. The molecule has 120 valence electrons. The van der Waals surface area contributed by atoms with Crippen LogP contribution in [0.1, 0.15) is 5.56 Å². The first-order chi connectivity index (χ1) is 10.8. The lowest BCUT2D eigenvalue weighted by Gasteiger charge is -2.04. The van der Waals surface area contributed by atoms with Gasteiger partial charge in [0.1, 0.15) is 11.5 Å². The average molecular weight is 338 g/mol. The second kappa shape index (κ2) is 6.50. The van der Waals surface area contributed by atoms with E-state index in [0.29, 0.717) is 5.56 Å². The van der Waals surface area contributed by atoms with Gasteiger partial charge in [-0.25, -0.2) is 17.9 Å². The maximum Gasteiger partial charge on any atom is 0.295 e. The zero-order chi connectivity index (χ0) is 17.0. The topological polar surface area (TPSA) is 128 Å². The summed E-state index contributed by atoms with van der Waals surface area (Å²) in [7, 11) is -4.06. The summed E-state index contributed by atoms with van der Waals surface area (Å²) in [5, 5.41) is 19.7. The Kier molecular flexibility index (Phi) is 4.67. The minimum atomic E-state index is -4.06. The summed E-state index contributed by atoms with van der Waals surface area (Å²) in [6.45, 7) is 0. The lowest BCUT2D eigenvalue weighted by atomic mass is 10.2. The number of primary sulfonamides is 1. The molecule has 0 bridgehead atoms. The van der Waals surface area contributed by atoms with E-state index in [2.05, 4.69) is 10.5 Å². The Balaban J connectivity index is 2.27. The molecule has 23 heavy (non-hydrogen) atoms. The smallest absolute Gasteiger partial charge is 0.272 e. The second-order valence-electron chi connectivity index (χ2n) is 4.41. The SMILES string of the molecule is NS(=O)(=O)c1ccc(N/N=C/c2cccc(F)c2)c([N+](=O)[O-])c1. The van der Waals surface area contributed by atoms with E-state index in [9.17, 15) is 22.9 Å². The molecule has 8 nitrogen and oxygen atoms in total. The number of nitro groups is 1. The molecule has 0 aliphatic heterocycles. The lowest BCUT2D eigenvalue weighted by Crippen LogP contribution is -2.12. The number of benzene rings is 2. The zero-order valence-electron chi connectivity index (χ0n) is 11.5. The van der Waals surface area contributed by atoms with Gasteiger partial charge in [0.15, 0.2) is 0 Å². The normalized spacial score (nSPS) is 11.6. The van der Waals surface area contributed by atoms with Gasteiger partial charge in [0.05, 0.1) is 16.0 Å². The van der Waals surface area contributed by atoms with Gasteiger partial charge >= 0.3 is 0 Å². The van der Waals surface area contributed by atoms with Crippen LogP contribution in [0.3, 0.4) is 0 Å². The summed E-state index contributed by atoms with van der Waals surface area (Å²) in [5.41, 5.74) is 2.32. The van der Waals surface area contributed by atoms with Crippen molar-refractivity contribution in [1.82, 2.24) is 0 Å². The van der Waals surface area contributed by atoms with Crippen LogP contribution in [0.5, 0.6) is 0 Å². The Bertz CT molecular complexity index is 883. The molecule has 0 fully saturated rings. The largest absolute Gasteiger partial charge is 0.295 e. The van der Waals surface area contributed by atoms with Crippen LogP contribution in [0, 0.1) is 15.9 Å². The summed E-state index contributed by atoms with van der Waals surface area (Å²) in [6.07, 6.45) is 1.26. The van der Waals surface area contributed by atoms with Crippen LogP contribution in [0.25, 0.3) is 0 Å². The molecule has 0 radical (unpaired) electrons. The molecule has 0 saturated carbocycles. The molecule has 0 aromatic heterocycles. The highest BCUT2D eigenvalue weighted by Crippen LogP contribution is 2.27. The molecule has 2 rings (SSSR count). The monoisotopic (exact) mass is 338 g/mol. The third-order valence-corrected chi connectivity index (χ3v) is 3.65. The van der Waals surface area contributed by atoms with Crippen molar-refractivity contribution >= 4 is 27.6 Å². The zero-order valence-corrected chi connectivity index (χ0v) is 12.3. The van der Waals surface area contributed by atoms with Gasteiger partial charge in [0.2, 0.25) is 10.0 Å². The molecule has 0 spiro atoms. The van der Waals surface area contributed by atoms with E-state index in [1.165, 1.54) is 30.5 Å². The van der Waals surface area contributed by atoms with E-state index < -0.39 is 26.5 Å². The molecule has 0 amide bonds. The van der Waals surface area contributed by atoms with Crippen LogP contribution < -0.4 is 10.6 Å². The van der Waals surface area contributed by atoms with Crippen molar-refractivity contribution < 1.29 is 17.7 Å². The number of rotatable bonds is 5.